The second-order valence-electron chi connectivity index (χ2n) is 2.99. The molecule has 0 aromatic heterocycles. The number of methoxy groups -OCH3 is 1. The molecular weight excluding hydrogens is 220 g/mol. The van der Waals surface area contributed by atoms with E-state index in [2.05, 4.69) is 25.4 Å². The van der Waals surface area contributed by atoms with Crippen LogP contribution in [-0.4, -0.2) is 26.1 Å². The van der Waals surface area contributed by atoms with E-state index in [0.29, 0.717) is 17.2 Å². The first-order chi connectivity index (χ1) is 8.21. The highest BCUT2D eigenvalue weighted by Crippen LogP contribution is 2.11. The Morgan fingerprint density at radius 2 is 2.29 bits per heavy atom. The van der Waals surface area contributed by atoms with Crippen molar-refractivity contribution in [2.75, 3.05) is 19.5 Å². The largest absolute Gasteiger partial charge is 0.465 e. The smallest absolute Gasteiger partial charge is 0.337 e. The van der Waals surface area contributed by atoms with Gasteiger partial charge in [0.1, 0.15) is 0 Å². The first kappa shape index (κ1) is 12.5. The molecule has 6 nitrogen and oxygen atoms in total. The minimum atomic E-state index is -0.415. The number of benzene rings is 1. The summed E-state index contributed by atoms with van der Waals surface area (Å²) in [5.41, 5.74) is 3.43. The molecule has 88 valence electrons. The molecular formula is C11H12N4O2. The zero-order valence-electron chi connectivity index (χ0n) is 9.52. The Labute approximate surface area is 99.1 Å². The van der Waals surface area contributed by atoms with Gasteiger partial charge in [-0.15, -0.1) is 0 Å². The minimum Gasteiger partial charge on any atom is -0.465 e. The average Bonchev–Trinajstić information content (AvgIpc) is 2.37. The highest BCUT2D eigenvalue weighted by Gasteiger charge is 2.07. The Morgan fingerprint density at radius 3 is 2.88 bits per heavy atom. The third-order valence-electron chi connectivity index (χ3n) is 1.93. The van der Waals surface area contributed by atoms with Crippen LogP contribution in [0.4, 0.5) is 5.69 Å². The fraction of sp³-hybridized carbons (Fsp3) is 0.182. The maximum atomic E-state index is 11.3. The van der Waals surface area contributed by atoms with E-state index in [1.165, 1.54) is 7.11 Å². The van der Waals surface area contributed by atoms with E-state index in [1.807, 2.05) is 0 Å². The lowest BCUT2D eigenvalue weighted by Crippen LogP contribution is -2.24. The molecule has 0 aliphatic heterocycles. The molecule has 0 fully saturated rings. The van der Waals surface area contributed by atoms with Crippen molar-refractivity contribution in [3.63, 3.8) is 0 Å². The van der Waals surface area contributed by atoms with Gasteiger partial charge in [0.2, 0.25) is 0 Å². The number of nitrogens with one attached hydrogen (secondary N) is 2. The summed E-state index contributed by atoms with van der Waals surface area (Å²) in [4.78, 5) is 18.1. The number of nitrogens with zero attached hydrogens (tertiary/aromatic N) is 2. The topological polar surface area (TPSA) is 67.1 Å². The molecule has 2 N–H and O–H groups in total. The number of hydrogen-bond donors (Lipinski definition) is 2. The predicted octanol–water partition coefficient (Wildman–Crippen LogP) is 1.29. The molecule has 6 heteroatoms. The molecule has 0 unspecified atom stereocenters. The van der Waals surface area contributed by atoms with Crippen LogP contribution in [0, 0.1) is 6.57 Å². The number of aliphatic imine (C=N–C) groups is 1. The van der Waals surface area contributed by atoms with Gasteiger partial charge in [-0.1, -0.05) is 11.5 Å². The van der Waals surface area contributed by atoms with Crippen LogP contribution in [-0.2, 0) is 4.74 Å². The zero-order chi connectivity index (χ0) is 12.7. The molecule has 0 amide bonds. The summed E-state index contributed by atoms with van der Waals surface area (Å²) in [6.07, 6.45) is 0. The Kier molecular flexibility index (Phi) is 4.51. The number of carbonyl (C=O) groups excluding carboxylic acids is 1. The fourth-order valence-corrected chi connectivity index (χ4v) is 1.17. The molecule has 1 aromatic carbocycles. The number of hydrogen-bond acceptors (Lipinski definition) is 3. The molecule has 1 aromatic rings. The van der Waals surface area contributed by atoms with E-state index in [1.54, 1.807) is 31.3 Å². The molecule has 0 radical (unpaired) electrons. The van der Waals surface area contributed by atoms with Gasteiger partial charge in [0.25, 0.3) is 5.96 Å². The van der Waals surface area contributed by atoms with E-state index < -0.39 is 5.97 Å². The zero-order valence-corrected chi connectivity index (χ0v) is 9.52. The summed E-state index contributed by atoms with van der Waals surface area (Å²) in [5, 5.41) is 2.87. The summed E-state index contributed by atoms with van der Waals surface area (Å²) in [5.74, 6) is -0.108. The normalized spacial score (nSPS) is 10.3. The molecule has 0 aliphatic carbocycles. The second-order valence-corrected chi connectivity index (χ2v) is 2.99. The number of rotatable bonds is 2. The van der Waals surface area contributed by atoms with Crippen LogP contribution in [0.3, 0.4) is 0 Å². The Morgan fingerprint density at radius 1 is 1.53 bits per heavy atom. The van der Waals surface area contributed by atoms with Crippen molar-refractivity contribution in [3.8, 4) is 0 Å². The molecule has 0 heterocycles. The SMILES string of the molecule is [C-]#[N+]NC(=NC)Nc1cccc(C(=O)OC)c1. The van der Waals surface area contributed by atoms with Gasteiger partial charge in [0.05, 0.1) is 12.7 Å². The van der Waals surface area contributed by atoms with Crippen LogP contribution in [0.25, 0.3) is 4.95 Å². The number of esters is 1. The van der Waals surface area contributed by atoms with Crippen LogP contribution in [0.5, 0.6) is 0 Å². The first-order valence-corrected chi connectivity index (χ1v) is 4.76. The number of anilines is 1. The molecule has 0 spiro atoms. The van der Waals surface area contributed by atoms with Crippen LogP contribution < -0.4 is 10.7 Å². The maximum Gasteiger partial charge on any atom is 0.337 e. The van der Waals surface area contributed by atoms with Gasteiger partial charge in [-0.3, -0.25) is 4.99 Å². The lowest BCUT2D eigenvalue weighted by atomic mass is 10.2. The van der Waals surface area contributed by atoms with Crippen molar-refractivity contribution in [2.24, 2.45) is 4.99 Å². The monoisotopic (exact) mass is 232 g/mol. The van der Waals surface area contributed by atoms with Gasteiger partial charge in [0.15, 0.2) is 0 Å². The first-order valence-electron chi connectivity index (χ1n) is 4.76. The molecule has 0 aliphatic rings. The minimum absolute atomic E-state index is 0.307. The van der Waals surface area contributed by atoms with Crippen molar-refractivity contribution in [3.05, 3.63) is 41.4 Å². The molecule has 0 saturated heterocycles. The van der Waals surface area contributed by atoms with E-state index in [9.17, 15) is 4.79 Å². The lowest BCUT2D eigenvalue weighted by Gasteiger charge is -2.06. The van der Waals surface area contributed by atoms with Gasteiger partial charge >= 0.3 is 5.97 Å². The van der Waals surface area contributed by atoms with Crippen LogP contribution in [0.1, 0.15) is 10.4 Å². The standard InChI is InChI=1S/C11H12N4O2/c1-12-11(15-13-2)14-9-6-4-5-8(7-9)10(16)17-3/h4-7H,1,3H3,(H2,12,14,15). The van der Waals surface area contributed by atoms with Crippen molar-refractivity contribution in [1.29, 1.82) is 0 Å². The number of carbonyl (C=O) groups is 1. The van der Waals surface area contributed by atoms with Crippen LogP contribution in [0.15, 0.2) is 29.3 Å². The highest BCUT2D eigenvalue weighted by molar-refractivity contribution is 5.96. The van der Waals surface area contributed by atoms with Crippen LogP contribution >= 0.6 is 0 Å². The van der Waals surface area contributed by atoms with E-state index in [-0.39, 0.29) is 0 Å². The third-order valence-corrected chi connectivity index (χ3v) is 1.93. The molecule has 0 saturated carbocycles. The second kappa shape index (κ2) is 6.12. The van der Waals surface area contributed by atoms with Gasteiger partial charge in [-0.2, -0.15) is 11.5 Å². The highest BCUT2D eigenvalue weighted by atomic mass is 16.5. The van der Waals surface area contributed by atoms with E-state index in [4.69, 9.17) is 6.57 Å². The van der Waals surface area contributed by atoms with Gasteiger partial charge in [-0.25, -0.2) is 4.79 Å². The van der Waals surface area contributed by atoms with Gasteiger partial charge < -0.3 is 10.1 Å². The van der Waals surface area contributed by atoms with Crippen molar-refractivity contribution < 1.29 is 9.53 Å². The Bertz CT molecular complexity index is 477. The number of ether oxygens (including phenoxy) is 1. The van der Waals surface area contributed by atoms with Crippen molar-refractivity contribution >= 4 is 17.6 Å². The van der Waals surface area contributed by atoms with Crippen molar-refractivity contribution in [1.82, 2.24) is 5.43 Å². The quantitative estimate of drug-likeness (QED) is 0.265. The predicted molar refractivity (Wildman–Crippen MR) is 64.5 cm³/mol. The summed E-state index contributed by atoms with van der Waals surface area (Å²) in [6, 6.07) is 6.72. The maximum absolute atomic E-state index is 11.3. The third kappa shape index (κ3) is 3.50. The fourth-order valence-electron chi connectivity index (χ4n) is 1.17. The van der Waals surface area contributed by atoms with E-state index >= 15 is 0 Å². The Balaban J connectivity index is 2.86. The average molecular weight is 232 g/mol. The lowest BCUT2D eigenvalue weighted by molar-refractivity contribution is 0.0601. The summed E-state index contributed by atoms with van der Waals surface area (Å²) in [6.45, 7) is 6.66. The van der Waals surface area contributed by atoms with Gasteiger partial charge in [-0.05, 0) is 18.2 Å². The molecule has 0 bridgehead atoms. The van der Waals surface area contributed by atoms with Crippen LogP contribution in [0.2, 0.25) is 0 Å². The molecule has 1 rings (SSSR count). The number of guanidine groups is 1. The summed E-state index contributed by atoms with van der Waals surface area (Å²) in [7, 11) is 2.87. The summed E-state index contributed by atoms with van der Waals surface area (Å²) < 4.78 is 4.61. The van der Waals surface area contributed by atoms with Crippen molar-refractivity contribution in [2.45, 2.75) is 0 Å². The molecule has 17 heavy (non-hydrogen) atoms. The molecule has 0 atom stereocenters. The Hall–Kier alpha value is -2.55. The summed E-state index contributed by atoms with van der Waals surface area (Å²) >= 11 is 0. The van der Waals surface area contributed by atoms with Gasteiger partial charge in [0, 0.05) is 12.7 Å². The van der Waals surface area contributed by atoms with E-state index in [0.717, 1.165) is 0 Å².